The first-order valence-electron chi connectivity index (χ1n) is 6.67. The number of furan rings is 1. The molecular weight excluding hydrogens is 269 g/mol. The van der Waals surface area contributed by atoms with Crippen molar-refractivity contribution in [3.05, 3.63) is 65.2 Å². The van der Waals surface area contributed by atoms with Crippen LogP contribution in [0.4, 0.5) is 4.39 Å². The van der Waals surface area contributed by atoms with Gasteiger partial charge >= 0.3 is 0 Å². The van der Waals surface area contributed by atoms with E-state index in [1.807, 2.05) is 25.1 Å². The summed E-state index contributed by atoms with van der Waals surface area (Å²) in [7, 11) is 1.63. The maximum absolute atomic E-state index is 13.2. The maximum atomic E-state index is 13.2. The largest absolute Gasteiger partial charge is 0.496 e. The van der Waals surface area contributed by atoms with E-state index < -0.39 is 6.04 Å². The van der Waals surface area contributed by atoms with Gasteiger partial charge in [0, 0.05) is 5.39 Å². The Morgan fingerprint density at radius 1 is 1.14 bits per heavy atom. The van der Waals surface area contributed by atoms with Crippen molar-refractivity contribution in [1.29, 1.82) is 0 Å². The molecular formula is C17H16FNO2. The molecule has 0 spiro atoms. The molecule has 2 N–H and O–H groups in total. The Bertz CT molecular complexity index is 795. The van der Waals surface area contributed by atoms with Gasteiger partial charge in [0.1, 0.15) is 22.9 Å². The summed E-state index contributed by atoms with van der Waals surface area (Å²) in [5.74, 6) is 1.14. The highest BCUT2D eigenvalue weighted by atomic mass is 19.1. The predicted molar refractivity (Wildman–Crippen MR) is 79.9 cm³/mol. The van der Waals surface area contributed by atoms with E-state index in [9.17, 15) is 4.39 Å². The smallest absolute Gasteiger partial charge is 0.134 e. The molecule has 0 saturated carbocycles. The number of ether oxygens (including phenoxy) is 1. The summed E-state index contributed by atoms with van der Waals surface area (Å²) in [6.45, 7) is 1.96. The molecule has 3 nitrogen and oxygen atoms in total. The Morgan fingerprint density at radius 3 is 2.67 bits per heavy atom. The van der Waals surface area contributed by atoms with E-state index in [2.05, 4.69) is 0 Å². The third-order valence-electron chi connectivity index (χ3n) is 3.58. The Labute approximate surface area is 122 Å². The minimum Gasteiger partial charge on any atom is -0.496 e. The lowest BCUT2D eigenvalue weighted by atomic mass is 10.0. The van der Waals surface area contributed by atoms with Crippen LogP contribution in [0.25, 0.3) is 11.0 Å². The molecule has 0 amide bonds. The van der Waals surface area contributed by atoms with E-state index in [0.717, 1.165) is 16.9 Å². The normalized spacial score (nSPS) is 12.6. The Morgan fingerprint density at radius 2 is 1.95 bits per heavy atom. The van der Waals surface area contributed by atoms with E-state index in [1.165, 1.54) is 12.1 Å². The lowest BCUT2D eigenvalue weighted by Crippen LogP contribution is -2.11. The van der Waals surface area contributed by atoms with Crippen molar-refractivity contribution >= 4 is 11.0 Å². The van der Waals surface area contributed by atoms with Gasteiger partial charge in [0.25, 0.3) is 0 Å². The number of rotatable bonds is 3. The topological polar surface area (TPSA) is 48.4 Å². The van der Waals surface area contributed by atoms with Gasteiger partial charge in [-0.25, -0.2) is 4.39 Å². The molecule has 0 bridgehead atoms. The quantitative estimate of drug-likeness (QED) is 0.793. The molecule has 108 valence electrons. The minimum absolute atomic E-state index is 0.288. The molecule has 0 fully saturated rings. The highest BCUT2D eigenvalue weighted by molar-refractivity contribution is 5.78. The summed E-state index contributed by atoms with van der Waals surface area (Å²) in [6, 6.07) is 11.6. The standard InChI is InChI=1S/C17H16FNO2/c1-10-7-11(3-5-14(10)20-2)17(19)16-9-12-8-13(18)4-6-15(12)21-16/h3-9,17H,19H2,1-2H3. The average Bonchev–Trinajstić information content (AvgIpc) is 2.89. The van der Waals surface area contributed by atoms with E-state index >= 15 is 0 Å². The first kappa shape index (κ1) is 13.6. The van der Waals surface area contributed by atoms with Crippen molar-refractivity contribution in [2.45, 2.75) is 13.0 Å². The third-order valence-corrected chi connectivity index (χ3v) is 3.58. The van der Waals surface area contributed by atoms with Crippen LogP contribution < -0.4 is 10.5 Å². The van der Waals surface area contributed by atoms with Crippen LogP contribution in [0.5, 0.6) is 5.75 Å². The third kappa shape index (κ3) is 2.50. The first-order valence-corrected chi connectivity index (χ1v) is 6.67. The zero-order valence-corrected chi connectivity index (χ0v) is 11.9. The van der Waals surface area contributed by atoms with Crippen LogP contribution in [-0.2, 0) is 0 Å². The fourth-order valence-corrected chi connectivity index (χ4v) is 2.45. The number of hydrogen-bond donors (Lipinski definition) is 1. The number of aryl methyl sites for hydroxylation is 1. The second-order valence-electron chi connectivity index (χ2n) is 5.04. The second kappa shape index (κ2) is 5.22. The van der Waals surface area contributed by atoms with Crippen LogP contribution in [0, 0.1) is 12.7 Å². The number of methoxy groups -OCH3 is 1. The van der Waals surface area contributed by atoms with E-state index in [4.69, 9.17) is 14.9 Å². The van der Waals surface area contributed by atoms with Crippen LogP contribution in [0.1, 0.15) is 22.9 Å². The van der Waals surface area contributed by atoms with Gasteiger partial charge in [-0.15, -0.1) is 0 Å². The van der Waals surface area contributed by atoms with Crippen molar-refractivity contribution in [1.82, 2.24) is 0 Å². The van der Waals surface area contributed by atoms with Crippen LogP contribution in [0.3, 0.4) is 0 Å². The number of halogens is 1. The minimum atomic E-state index is -0.398. The van der Waals surface area contributed by atoms with Crippen LogP contribution in [0.2, 0.25) is 0 Å². The van der Waals surface area contributed by atoms with Gasteiger partial charge in [0.2, 0.25) is 0 Å². The molecule has 4 heteroatoms. The Balaban J connectivity index is 1.99. The number of nitrogens with two attached hydrogens (primary N) is 1. The van der Waals surface area contributed by atoms with Crippen molar-refractivity contribution in [3.8, 4) is 5.75 Å². The summed E-state index contributed by atoms with van der Waals surface area (Å²) < 4.78 is 24.2. The molecule has 2 aromatic carbocycles. The number of fused-ring (bicyclic) bond motifs is 1. The highest BCUT2D eigenvalue weighted by Gasteiger charge is 2.15. The summed E-state index contributed by atoms with van der Waals surface area (Å²) in [6.07, 6.45) is 0. The molecule has 0 radical (unpaired) electrons. The molecule has 1 heterocycles. The SMILES string of the molecule is COc1ccc(C(N)c2cc3cc(F)ccc3o2)cc1C. The molecule has 1 aromatic heterocycles. The molecule has 0 aliphatic carbocycles. The van der Waals surface area contributed by atoms with Crippen molar-refractivity contribution < 1.29 is 13.5 Å². The van der Waals surface area contributed by atoms with Crippen LogP contribution in [-0.4, -0.2) is 7.11 Å². The first-order chi connectivity index (χ1) is 10.1. The number of benzene rings is 2. The maximum Gasteiger partial charge on any atom is 0.134 e. The number of hydrogen-bond acceptors (Lipinski definition) is 3. The van der Waals surface area contributed by atoms with Crippen molar-refractivity contribution in [3.63, 3.8) is 0 Å². The van der Waals surface area contributed by atoms with Gasteiger partial charge in [-0.3, -0.25) is 0 Å². The van der Waals surface area contributed by atoms with Gasteiger partial charge in [-0.2, -0.15) is 0 Å². The molecule has 1 atom stereocenters. The zero-order chi connectivity index (χ0) is 15.0. The average molecular weight is 285 g/mol. The molecule has 21 heavy (non-hydrogen) atoms. The Kier molecular flexibility index (Phi) is 3.39. The predicted octanol–water partition coefficient (Wildman–Crippen LogP) is 3.94. The highest BCUT2D eigenvalue weighted by Crippen LogP contribution is 2.29. The van der Waals surface area contributed by atoms with Gasteiger partial charge < -0.3 is 14.9 Å². The van der Waals surface area contributed by atoms with Gasteiger partial charge in [-0.1, -0.05) is 12.1 Å². The van der Waals surface area contributed by atoms with E-state index in [-0.39, 0.29) is 5.82 Å². The monoisotopic (exact) mass is 285 g/mol. The van der Waals surface area contributed by atoms with Crippen LogP contribution >= 0.6 is 0 Å². The fraction of sp³-hybridized carbons (Fsp3) is 0.176. The van der Waals surface area contributed by atoms with Gasteiger partial charge in [-0.05, 0) is 48.4 Å². The van der Waals surface area contributed by atoms with Gasteiger partial charge in [0.05, 0.1) is 13.2 Å². The second-order valence-corrected chi connectivity index (χ2v) is 5.04. The summed E-state index contributed by atoms with van der Waals surface area (Å²) >= 11 is 0. The lowest BCUT2D eigenvalue weighted by molar-refractivity contribution is 0.411. The van der Waals surface area contributed by atoms with Crippen molar-refractivity contribution in [2.75, 3.05) is 7.11 Å². The summed E-state index contributed by atoms with van der Waals surface area (Å²) in [5.41, 5.74) is 8.81. The lowest BCUT2D eigenvalue weighted by Gasteiger charge is -2.12. The molecule has 0 saturated heterocycles. The molecule has 1 unspecified atom stereocenters. The fourth-order valence-electron chi connectivity index (χ4n) is 2.45. The van der Waals surface area contributed by atoms with E-state index in [1.54, 1.807) is 19.2 Å². The molecule has 0 aliphatic heterocycles. The van der Waals surface area contributed by atoms with Crippen molar-refractivity contribution in [2.24, 2.45) is 5.73 Å². The van der Waals surface area contributed by atoms with E-state index in [0.29, 0.717) is 16.7 Å². The van der Waals surface area contributed by atoms with Gasteiger partial charge in [0.15, 0.2) is 0 Å². The molecule has 3 rings (SSSR count). The molecule has 3 aromatic rings. The Hall–Kier alpha value is -2.33. The van der Waals surface area contributed by atoms with Crippen LogP contribution in [0.15, 0.2) is 46.9 Å². The summed E-state index contributed by atoms with van der Waals surface area (Å²) in [5, 5.41) is 0.714. The zero-order valence-electron chi connectivity index (χ0n) is 11.9. The molecule has 0 aliphatic rings. The summed E-state index contributed by atoms with van der Waals surface area (Å²) in [4.78, 5) is 0.